The fourth-order valence-electron chi connectivity index (χ4n) is 1.53. The van der Waals surface area contributed by atoms with Crippen molar-refractivity contribution in [2.75, 3.05) is 5.32 Å². The predicted octanol–water partition coefficient (Wildman–Crippen LogP) is 3.25. The van der Waals surface area contributed by atoms with Gasteiger partial charge >= 0.3 is 0 Å². The summed E-state index contributed by atoms with van der Waals surface area (Å²) in [5.74, 6) is 1.56. The molecular weight excluding hydrogens is 246 g/mol. The monoisotopic (exact) mass is 263 g/mol. The number of nitrogens with one attached hydrogen (secondary N) is 1. The van der Waals surface area contributed by atoms with E-state index in [1.807, 2.05) is 38.4 Å². The molecule has 0 spiro atoms. The maximum atomic E-state index is 5.71. The van der Waals surface area contributed by atoms with Gasteiger partial charge in [-0.1, -0.05) is 0 Å². The van der Waals surface area contributed by atoms with Crippen LogP contribution in [-0.4, -0.2) is 16.1 Å². The molecule has 2 rings (SSSR count). The van der Waals surface area contributed by atoms with Crippen molar-refractivity contribution < 1.29 is 4.74 Å². The molecule has 0 bridgehead atoms. The first kappa shape index (κ1) is 12.8. The van der Waals surface area contributed by atoms with E-state index >= 15 is 0 Å². The highest BCUT2D eigenvalue weighted by Gasteiger charge is 2.07. The number of aromatic nitrogens is 2. The van der Waals surface area contributed by atoms with Crippen molar-refractivity contribution in [1.82, 2.24) is 9.97 Å². The minimum Gasteiger partial charge on any atom is -0.487 e. The van der Waals surface area contributed by atoms with E-state index in [4.69, 9.17) is 4.74 Å². The minimum absolute atomic E-state index is 0.139. The molecule has 0 radical (unpaired) electrons. The molecule has 0 atom stereocenters. The standard InChI is InChI=1S/C13H17N3OS/c1-9(2)17-11-5-4-6-14-13(11)15-7-12-10(3)16-8-18-12/h4-6,8-9H,7H2,1-3H3,(H,14,15). The Hall–Kier alpha value is -1.62. The molecule has 0 unspecified atom stereocenters. The minimum atomic E-state index is 0.139. The van der Waals surface area contributed by atoms with Gasteiger partial charge in [0.15, 0.2) is 11.6 Å². The van der Waals surface area contributed by atoms with Gasteiger partial charge in [-0.25, -0.2) is 9.97 Å². The fraction of sp³-hybridized carbons (Fsp3) is 0.385. The van der Waals surface area contributed by atoms with Gasteiger partial charge in [0, 0.05) is 11.1 Å². The number of hydrogen-bond acceptors (Lipinski definition) is 5. The number of anilines is 1. The van der Waals surface area contributed by atoms with Crippen molar-refractivity contribution in [2.24, 2.45) is 0 Å². The van der Waals surface area contributed by atoms with E-state index in [0.29, 0.717) is 0 Å². The first-order valence-electron chi connectivity index (χ1n) is 5.91. The summed E-state index contributed by atoms with van der Waals surface area (Å²) < 4.78 is 5.71. The zero-order valence-electron chi connectivity index (χ0n) is 10.8. The summed E-state index contributed by atoms with van der Waals surface area (Å²) in [4.78, 5) is 9.75. The van der Waals surface area contributed by atoms with Crippen molar-refractivity contribution in [3.8, 4) is 5.75 Å². The summed E-state index contributed by atoms with van der Waals surface area (Å²) in [6.45, 7) is 6.74. The predicted molar refractivity (Wildman–Crippen MR) is 74.2 cm³/mol. The van der Waals surface area contributed by atoms with Gasteiger partial charge in [0.1, 0.15) is 0 Å². The van der Waals surface area contributed by atoms with Crippen molar-refractivity contribution in [1.29, 1.82) is 0 Å². The Kier molecular flexibility index (Phi) is 4.15. The topological polar surface area (TPSA) is 47.0 Å². The molecule has 2 aromatic rings. The average Bonchev–Trinajstić information content (AvgIpc) is 2.73. The Morgan fingerprint density at radius 1 is 1.39 bits per heavy atom. The Balaban J connectivity index is 2.07. The van der Waals surface area contributed by atoms with Crippen LogP contribution in [0.2, 0.25) is 0 Å². The smallest absolute Gasteiger partial charge is 0.169 e. The van der Waals surface area contributed by atoms with Crippen LogP contribution in [0.25, 0.3) is 0 Å². The number of rotatable bonds is 5. The average molecular weight is 263 g/mol. The Morgan fingerprint density at radius 3 is 2.89 bits per heavy atom. The largest absolute Gasteiger partial charge is 0.487 e. The molecule has 0 fully saturated rings. The van der Waals surface area contributed by atoms with Gasteiger partial charge in [0.05, 0.1) is 23.9 Å². The van der Waals surface area contributed by atoms with E-state index in [0.717, 1.165) is 23.8 Å². The third kappa shape index (κ3) is 3.20. The zero-order valence-corrected chi connectivity index (χ0v) is 11.6. The molecule has 5 heteroatoms. The van der Waals surface area contributed by atoms with E-state index in [1.165, 1.54) is 4.88 Å². The number of ether oxygens (including phenoxy) is 1. The van der Waals surface area contributed by atoms with E-state index in [-0.39, 0.29) is 6.10 Å². The Bertz CT molecular complexity index is 510. The van der Waals surface area contributed by atoms with E-state index in [9.17, 15) is 0 Å². The Labute approximate surface area is 111 Å². The lowest BCUT2D eigenvalue weighted by atomic mass is 10.3. The van der Waals surface area contributed by atoms with Crippen LogP contribution in [0.1, 0.15) is 24.4 Å². The van der Waals surface area contributed by atoms with Crippen molar-refractivity contribution in [3.05, 3.63) is 34.4 Å². The highest BCUT2D eigenvalue weighted by atomic mass is 32.1. The van der Waals surface area contributed by atoms with Crippen LogP contribution in [0, 0.1) is 6.92 Å². The first-order valence-corrected chi connectivity index (χ1v) is 6.79. The third-order valence-electron chi connectivity index (χ3n) is 2.39. The molecular formula is C13H17N3OS. The molecule has 2 aromatic heterocycles. The molecule has 1 N–H and O–H groups in total. The van der Waals surface area contributed by atoms with Crippen LogP contribution in [0.4, 0.5) is 5.82 Å². The Morgan fingerprint density at radius 2 is 2.22 bits per heavy atom. The summed E-state index contributed by atoms with van der Waals surface area (Å²) in [5, 5.41) is 3.30. The van der Waals surface area contributed by atoms with Crippen LogP contribution < -0.4 is 10.1 Å². The van der Waals surface area contributed by atoms with Gasteiger partial charge in [-0.15, -0.1) is 11.3 Å². The number of aryl methyl sites for hydroxylation is 1. The van der Waals surface area contributed by atoms with Gasteiger partial charge in [0.2, 0.25) is 0 Å². The van der Waals surface area contributed by atoms with Crippen LogP contribution in [0.3, 0.4) is 0 Å². The van der Waals surface area contributed by atoms with Gasteiger partial charge in [0.25, 0.3) is 0 Å². The molecule has 96 valence electrons. The number of pyridine rings is 1. The van der Waals surface area contributed by atoms with Crippen molar-refractivity contribution in [2.45, 2.75) is 33.4 Å². The maximum Gasteiger partial charge on any atom is 0.169 e. The highest BCUT2D eigenvalue weighted by molar-refractivity contribution is 7.09. The van der Waals surface area contributed by atoms with Crippen LogP contribution in [0.5, 0.6) is 5.75 Å². The van der Waals surface area contributed by atoms with Crippen molar-refractivity contribution >= 4 is 17.2 Å². The fourth-order valence-corrected chi connectivity index (χ4v) is 2.25. The zero-order chi connectivity index (χ0) is 13.0. The second-order valence-corrected chi connectivity index (χ2v) is 5.17. The lowest BCUT2D eigenvalue weighted by Gasteiger charge is -2.14. The van der Waals surface area contributed by atoms with Gasteiger partial charge in [-0.2, -0.15) is 0 Å². The third-order valence-corrected chi connectivity index (χ3v) is 3.33. The summed E-state index contributed by atoms with van der Waals surface area (Å²) >= 11 is 1.65. The molecule has 0 saturated heterocycles. The molecule has 4 nitrogen and oxygen atoms in total. The summed E-state index contributed by atoms with van der Waals surface area (Å²) in [5.41, 5.74) is 2.92. The van der Waals surface area contributed by atoms with Gasteiger partial charge in [-0.3, -0.25) is 0 Å². The van der Waals surface area contributed by atoms with Crippen LogP contribution in [0.15, 0.2) is 23.8 Å². The summed E-state index contributed by atoms with van der Waals surface area (Å²) in [7, 11) is 0. The maximum absolute atomic E-state index is 5.71. The normalized spacial score (nSPS) is 10.7. The molecule has 18 heavy (non-hydrogen) atoms. The molecule has 0 aliphatic heterocycles. The first-order chi connectivity index (χ1) is 8.66. The number of thiazole rings is 1. The highest BCUT2D eigenvalue weighted by Crippen LogP contribution is 2.23. The van der Waals surface area contributed by atoms with E-state index in [1.54, 1.807) is 17.5 Å². The molecule has 0 amide bonds. The van der Waals surface area contributed by atoms with E-state index < -0.39 is 0 Å². The van der Waals surface area contributed by atoms with Gasteiger partial charge in [-0.05, 0) is 32.9 Å². The summed E-state index contributed by atoms with van der Waals surface area (Å²) in [6, 6.07) is 3.80. The molecule has 0 saturated carbocycles. The SMILES string of the molecule is Cc1ncsc1CNc1ncccc1OC(C)C. The van der Waals surface area contributed by atoms with Crippen LogP contribution in [-0.2, 0) is 6.54 Å². The lowest BCUT2D eigenvalue weighted by Crippen LogP contribution is -2.09. The second kappa shape index (κ2) is 5.82. The number of nitrogens with zero attached hydrogens (tertiary/aromatic N) is 2. The van der Waals surface area contributed by atoms with Crippen molar-refractivity contribution in [3.63, 3.8) is 0 Å². The number of hydrogen-bond donors (Lipinski definition) is 1. The second-order valence-electron chi connectivity index (χ2n) is 4.23. The summed E-state index contributed by atoms with van der Waals surface area (Å²) in [6.07, 6.45) is 1.90. The molecule has 0 aliphatic rings. The molecule has 0 aromatic carbocycles. The van der Waals surface area contributed by atoms with E-state index in [2.05, 4.69) is 15.3 Å². The molecule has 2 heterocycles. The van der Waals surface area contributed by atoms with Crippen LogP contribution >= 0.6 is 11.3 Å². The quantitative estimate of drug-likeness (QED) is 0.899. The lowest BCUT2D eigenvalue weighted by molar-refractivity contribution is 0.243. The molecule has 0 aliphatic carbocycles. The van der Waals surface area contributed by atoms with Gasteiger partial charge < -0.3 is 10.1 Å².